The Morgan fingerprint density at radius 2 is 1.93 bits per heavy atom. The van der Waals surface area contributed by atoms with Gasteiger partial charge in [0.15, 0.2) is 5.82 Å². The third-order valence-electron chi connectivity index (χ3n) is 4.46. The molecule has 1 aromatic carbocycles. The van der Waals surface area contributed by atoms with E-state index in [0.717, 1.165) is 28.3 Å². The summed E-state index contributed by atoms with van der Waals surface area (Å²) in [5, 5.41) is 10.5. The number of carbonyl (C=O) groups excluding carboxylic acids is 1. The first kappa shape index (κ1) is 20.3. The topological polar surface area (TPSA) is 94.0 Å². The average molecular weight is 394 g/mol. The van der Waals surface area contributed by atoms with Gasteiger partial charge in [0.25, 0.3) is 0 Å². The van der Waals surface area contributed by atoms with Gasteiger partial charge in [0, 0.05) is 24.8 Å². The van der Waals surface area contributed by atoms with Crippen LogP contribution in [0.3, 0.4) is 0 Å². The van der Waals surface area contributed by atoms with Crippen LogP contribution in [0, 0.1) is 20.8 Å². The van der Waals surface area contributed by atoms with E-state index in [0.29, 0.717) is 31.1 Å². The number of methoxy groups -OCH3 is 1. The molecule has 0 aliphatic carbocycles. The quantitative estimate of drug-likeness (QED) is 0.570. The third kappa shape index (κ3) is 5.31. The smallest absolute Gasteiger partial charge is 0.224 e. The highest BCUT2D eigenvalue weighted by Gasteiger charge is 2.08. The molecule has 152 valence electrons. The molecule has 0 saturated carbocycles. The Morgan fingerprint density at radius 3 is 2.62 bits per heavy atom. The van der Waals surface area contributed by atoms with Gasteiger partial charge in [-0.25, -0.2) is 14.6 Å². The normalized spacial score (nSPS) is 10.6. The zero-order valence-corrected chi connectivity index (χ0v) is 17.2. The number of nitrogens with one attached hydrogen (secondary N) is 2. The molecule has 2 heterocycles. The number of hydrogen-bond donors (Lipinski definition) is 2. The first-order valence-electron chi connectivity index (χ1n) is 9.46. The van der Waals surface area contributed by atoms with Gasteiger partial charge in [0.1, 0.15) is 17.9 Å². The number of aromatic nitrogens is 4. The lowest BCUT2D eigenvalue weighted by Gasteiger charge is -2.10. The molecule has 0 radical (unpaired) electrons. The lowest BCUT2D eigenvalue weighted by Crippen LogP contribution is -2.30. The molecule has 2 aromatic heterocycles. The molecule has 29 heavy (non-hydrogen) atoms. The lowest BCUT2D eigenvalue weighted by atomic mass is 10.1. The first-order valence-corrected chi connectivity index (χ1v) is 9.46. The van der Waals surface area contributed by atoms with E-state index in [1.165, 1.54) is 6.33 Å². The molecular weight excluding hydrogens is 368 g/mol. The summed E-state index contributed by atoms with van der Waals surface area (Å²) in [6.07, 6.45) is 1.83. The van der Waals surface area contributed by atoms with Crippen molar-refractivity contribution in [2.75, 3.05) is 25.5 Å². The second-order valence-electron chi connectivity index (χ2n) is 6.86. The predicted molar refractivity (Wildman–Crippen MR) is 112 cm³/mol. The van der Waals surface area contributed by atoms with Gasteiger partial charge in [-0.3, -0.25) is 4.79 Å². The van der Waals surface area contributed by atoms with Crippen LogP contribution >= 0.6 is 0 Å². The molecule has 8 heteroatoms. The summed E-state index contributed by atoms with van der Waals surface area (Å²) in [5.74, 6) is 2.18. The van der Waals surface area contributed by atoms with E-state index < -0.39 is 0 Å². The average Bonchev–Trinajstić information content (AvgIpc) is 3.04. The summed E-state index contributed by atoms with van der Waals surface area (Å²) in [6.45, 7) is 6.94. The van der Waals surface area contributed by atoms with Crippen molar-refractivity contribution in [1.82, 2.24) is 25.1 Å². The summed E-state index contributed by atoms with van der Waals surface area (Å²) >= 11 is 0. The highest BCUT2D eigenvalue weighted by molar-refractivity contribution is 5.78. The summed E-state index contributed by atoms with van der Waals surface area (Å²) in [7, 11) is 1.64. The number of hydrogen-bond acceptors (Lipinski definition) is 6. The zero-order chi connectivity index (χ0) is 20.8. The van der Waals surface area contributed by atoms with Crippen LogP contribution in [-0.2, 0) is 11.2 Å². The highest BCUT2D eigenvalue weighted by Crippen LogP contribution is 2.18. The second kappa shape index (κ2) is 9.18. The van der Waals surface area contributed by atoms with Crippen molar-refractivity contribution >= 4 is 11.7 Å². The first-order chi connectivity index (χ1) is 14.0. The molecule has 3 aromatic rings. The Morgan fingerprint density at radius 1 is 1.10 bits per heavy atom. The van der Waals surface area contributed by atoms with E-state index in [4.69, 9.17) is 4.74 Å². The number of nitrogens with zero attached hydrogens (tertiary/aromatic N) is 4. The van der Waals surface area contributed by atoms with Crippen LogP contribution in [0.5, 0.6) is 5.75 Å². The summed E-state index contributed by atoms with van der Waals surface area (Å²) < 4.78 is 7.02. The monoisotopic (exact) mass is 394 g/mol. The minimum absolute atomic E-state index is 0.0256. The van der Waals surface area contributed by atoms with Gasteiger partial charge in [-0.15, -0.1) is 0 Å². The maximum absolute atomic E-state index is 12.2. The molecule has 0 aliphatic rings. The summed E-state index contributed by atoms with van der Waals surface area (Å²) in [5.41, 5.74) is 3.92. The van der Waals surface area contributed by atoms with Crippen molar-refractivity contribution < 1.29 is 9.53 Å². The fourth-order valence-electron chi connectivity index (χ4n) is 3.11. The SMILES string of the molecule is COc1ccc(CC(=O)NCCNc2cc(-n3nc(C)cc3C)ncn2)cc1C. The van der Waals surface area contributed by atoms with Crippen molar-refractivity contribution in [1.29, 1.82) is 0 Å². The fraction of sp³-hybridized carbons (Fsp3) is 0.333. The maximum Gasteiger partial charge on any atom is 0.224 e. The fourth-order valence-corrected chi connectivity index (χ4v) is 3.11. The van der Waals surface area contributed by atoms with E-state index in [2.05, 4.69) is 25.7 Å². The van der Waals surface area contributed by atoms with Crippen molar-refractivity contribution in [3.05, 3.63) is 59.2 Å². The Hall–Kier alpha value is -3.42. The standard InChI is InChI=1S/C21H26N6O2/c1-14-9-17(5-6-18(14)29-4)11-21(28)23-8-7-22-19-12-20(25-13-24-19)27-16(3)10-15(2)26-27/h5-6,9-10,12-13H,7-8,11H2,1-4H3,(H,23,28)(H,22,24,25). The molecule has 0 unspecified atom stereocenters. The van der Waals surface area contributed by atoms with E-state index in [-0.39, 0.29) is 5.91 Å². The van der Waals surface area contributed by atoms with Crippen molar-refractivity contribution in [2.45, 2.75) is 27.2 Å². The number of anilines is 1. The minimum Gasteiger partial charge on any atom is -0.496 e. The molecule has 0 aliphatic heterocycles. The van der Waals surface area contributed by atoms with Gasteiger partial charge in [0.2, 0.25) is 5.91 Å². The second-order valence-corrected chi connectivity index (χ2v) is 6.86. The number of rotatable bonds is 8. The van der Waals surface area contributed by atoms with Gasteiger partial charge in [-0.1, -0.05) is 12.1 Å². The van der Waals surface area contributed by atoms with Crippen LogP contribution in [0.2, 0.25) is 0 Å². The molecule has 0 bridgehead atoms. The maximum atomic E-state index is 12.2. The molecule has 2 N–H and O–H groups in total. The minimum atomic E-state index is -0.0256. The predicted octanol–water partition coefficient (Wildman–Crippen LogP) is 2.37. The van der Waals surface area contributed by atoms with Crippen LogP contribution < -0.4 is 15.4 Å². The van der Waals surface area contributed by atoms with Crippen LogP contribution in [0.4, 0.5) is 5.82 Å². The van der Waals surface area contributed by atoms with Crippen LogP contribution in [0.15, 0.2) is 36.7 Å². The van der Waals surface area contributed by atoms with E-state index in [1.54, 1.807) is 11.8 Å². The Balaban J connectivity index is 1.48. The highest BCUT2D eigenvalue weighted by atomic mass is 16.5. The molecular formula is C21H26N6O2. The molecule has 8 nitrogen and oxygen atoms in total. The number of amides is 1. The Kier molecular flexibility index (Phi) is 6.43. The van der Waals surface area contributed by atoms with Crippen molar-refractivity contribution in [3.8, 4) is 11.6 Å². The van der Waals surface area contributed by atoms with Gasteiger partial charge in [-0.05, 0) is 44.0 Å². The molecule has 0 saturated heterocycles. The Bertz CT molecular complexity index is 999. The lowest BCUT2D eigenvalue weighted by molar-refractivity contribution is -0.120. The van der Waals surface area contributed by atoms with Gasteiger partial charge in [0.05, 0.1) is 19.2 Å². The third-order valence-corrected chi connectivity index (χ3v) is 4.46. The van der Waals surface area contributed by atoms with E-state index >= 15 is 0 Å². The van der Waals surface area contributed by atoms with Crippen LogP contribution in [0.25, 0.3) is 5.82 Å². The molecule has 0 fully saturated rings. The number of carbonyl (C=O) groups is 1. The van der Waals surface area contributed by atoms with Gasteiger partial charge in [-0.2, -0.15) is 5.10 Å². The molecule has 1 amide bonds. The zero-order valence-electron chi connectivity index (χ0n) is 17.2. The van der Waals surface area contributed by atoms with Gasteiger partial charge >= 0.3 is 0 Å². The molecule has 0 atom stereocenters. The van der Waals surface area contributed by atoms with Crippen LogP contribution in [-0.4, -0.2) is 45.9 Å². The van der Waals surface area contributed by atoms with Crippen molar-refractivity contribution in [2.24, 2.45) is 0 Å². The molecule has 3 rings (SSSR count). The Labute approximate surface area is 170 Å². The van der Waals surface area contributed by atoms with Gasteiger partial charge < -0.3 is 15.4 Å². The largest absolute Gasteiger partial charge is 0.496 e. The number of ether oxygens (including phenoxy) is 1. The van der Waals surface area contributed by atoms with Crippen LogP contribution in [0.1, 0.15) is 22.5 Å². The number of benzene rings is 1. The van der Waals surface area contributed by atoms with E-state index in [1.807, 2.05) is 51.1 Å². The summed E-state index contributed by atoms with van der Waals surface area (Å²) in [6, 6.07) is 9.59. The molecule has 0 spiro atoms. The summed E-state index contributed by atoms with van der Waals surface area (Å²) in [4.78, 5) is 20.7. The van der Waals surface area contributed by atoms with E-state index in [9.17, 15) is 4.79 Å². The number of aryl methyl sites for hydroxylation is 3. The van der Waals surface area contributed by atoms with Crippen molar-refractivity contribution in [3.63, 3.8) is 0 Å².